The van der Waals surface area contributed by atoms with E-state index in [9.17, 15) is 53.7 Å². The van der Waals surface area contributed by atoms with Gasteiger partial charge in [-0.25, -0.2) is 4.79 Å². The van der Waals surface area contributed by atoms with Crippen LogP contribution in [0.15, 0.2) is 30.3 Å². The number of carbonyl (C=O) groups is 8. The number of aliphatic carboxylic acids is 3. The number of nitrogens with two attached hydrogens (primary N) is 1. The first-order valence-electron chi connectivity index (χ1n) is 15.0. The minimum atomic E-state index is -1.73. The average Bonchev–Trinajstić information content (AvgIpc) is 2.97. The molecule has 11 N–H and O–H groups in total. The molecule has 0 aromatic heterocycles. The lowest BCUT2D eigenvalue weighted by Crippen LogP contribution is -2.60. The van der Waals surface area contributed by atoms with Gasteiger partial charge >= 0.3 is 17.9 Å². The SMILES string of the molecule is CC(C)C[C@H](NC(=O)[C@H](C)NC(=O)[C@H](CC(=O)O)NC(=O)[C@@H](N)CC(=O)O)C(=O)N[C@@H](Cc1ccccc1)C(=O)N[C@H](C(=O)O)[C@@H](C)O. The molecule has 0 bridgehead atoms. The highest BCUT2D eigenvalue weighted by Gasteiger charge is 2.33. The molecule has 0 aliphatic carbocycles. The van der Waals surface area contributed by atoms with Crippen LogP contribution in [-0.2, 0) is 44.8 Å². The van der Waals surface area contributed by atoms with Gasteiger partial charge in [0.15, 0.2) is 6.04 Å². The van der Waals surface area contributed by atoms with Gasteiger partial charge in [0.25, 0.3) is 0 Å². The van der Waals surface area contributed by atoms with Crippen LogP contribution in [0.4, 0.5) is 0 Å². The number of carboxylic acids is 3. The van der Waals surface area contributed by atoms with Gasteiger partial charge in [-0.15, -0.1) is 0 Å². The summed E-state index contributed by atoms with van der Waals surface area (Å²) in [6.45, 7) is 5.89. The van der Waals surface area contributed by atoms with Gasteiger partial charge in [-0.05, 0) is 31.7 Å². The van der Waals surface area contributed by atoms with E-state index in [1.54, 1.807) is 44.2 Å². The van der Waals surface area contributed by atoms with Crippen molar-refractivity contribution in [2.45, 2.75) is 95.7 Å². The van der Waals surface area contributed by atoms with E-state index in [1.165, 1.54) is 13.8 Å². The first kappa shape index (κ1) is 40.9. The van der Waals surface area contributed by atoms with Crippen molar-refractivity contribution < 1.29 is 58.8 Å². The fourth-order valence-corrected chi connectivity index (χ4v) is 4.30. The molecule has 0 saturated carbocycles. The van der Waals surface area contributed by atoms with Crippen molar-refractivity contribution in [1.29, 1.82) is 0 Å². The van der Waals surface area contributed by atoms with E-state index in [2.05, 4.69) is 26.6 Å². The molecule has 0 fully saturated rings. The number of carboxylic acid groups (broad SMARTS) is 3. The lowest BCUT2D eigenvalue weighted by molar-refractivity contribution is -0.145. The quantitative estimate of drug-likeness (QED) is 0.0680. The highest BCUT2D eigenvalue weighted by atomic mass is 16.4. The molecule has 266 valence electrons. The number of hydrogen-bond acceptors (Lipinski definition) is 10. The molecular formula is C30H44N6O12. The predicted molar refractivity (Wildman–Crippen MR) is 167 cm³/mol. The number of aliphatic hydroxyl groups excluding tert-OH is 1. The van der Waals surface area contributed by atoms with Gasteiger partial charge in [-0.3, -0.25) is 33.6 Å². The van der Waals surface area contributed by atoms with Crippen molar-refractivity contribution in [2.24, 2.45) is 11.7 Å². The average molecular weight is 681 g/mol. The fourth-order valence-electron chi connectivity index (χ4n) is 4.30. The van der Waals surface area contributed by atoms with E-state index in [0.29, 0.717) is 5.56 Å². The molecule has 18 heteroatoms. The normalized spacial score (nSPS) is 15.3. The van der Waals surface area contributed by atoms with Crippen LogP contribution in [0.1, 0.15) is 52.5 Å². The summed E-state index contributed by atoms with van der Waals surface area (Å²) in [5.41, 5.74) is 6.09. The Kier molecular flexibility index (Phi) is 16.7. The summed E-state index contributed by atoms with van der Waals surface area (Å²) >= 11 is 0. The summed E-state index contributed by atoms with van der Waals surface area (Å²) in [7, 11) is 0. The molecule has 7 atom stereocenters. The predicted octanol–water partition coefficient (Wildman–Crippen LogP) is -2.54. The summed E-state index contributed by atoms with van der Waals surface area (Å²) in [5.74, 6) is -9.42. The summed E-state index contributed by atoms with van der Waals surface area (Å²) < 4.78 is 0. The van der Waals surface area contributed by atoms with Gasteiger partial charge in [-0.1, -0.05) is 44.2 Å². The van der Waals surface area contributed by atoms with E-state index in [4.69, 9.17) is 10.8 Å². The van der Waals surface area contributed by atoms with Crippen molar-refractivity contribution in [2.75, 3.05) is 0 Å². The number of aliphatic hydroxyl groups is 1. The topological polar surface area (TPSA) is 304 Å². The number of rotatable bonds is 20. The van der Waals surface area contributed by atoms with Crippen LogP contribution in [0, 0.1) is 5.92 Å². The Balaban J connectivity index is 3.14. The molecular weight excluding hydrogens is 636 g/mol. The van der Waals surface area contributed by atoms with Crippen LogP contribution in [-0.4, -0.2) is 110 Å². The molecule has 0 unspecified atom stereocenters. The molecule has 1 aromatic rings. The number of amides is 5. The Morgan fingerprint density at radius 3 is 1.65 bits per heavy atom. The summed E-state index contributed by atoms with van der Waals surface area (Å²) in [4.78, 5) is 98.6. The number of carbonyl (C=O) groups excluding carboxylic acids is 5. The zero-order valence-corrected chi connectivity index (χ0v) is 27.0. The van der Waals surface area contributed by atoms with Crippen molar-refractivity contribution in [3.05, 3.63) is 35.9 Å². The Hall–Kier alpha value is -5.10. The van der Waals surface area contributed by atoms with Crippen LogP contribution in [0.25, 0.3) is 0 Å². The van der Waals surface area contributed by atoms with Gasteiger partial charge in [0.1, 0.15) is 24.2 Å². The zero-order chi connectivity index (χ0) is 36.7. The van der Waals surface area contributed by atoms with Crippen molar-refractivity contribution in [1.82, 2.24) is 26.6 Å². The molecule has 1 rings (SSSR count). The minimum absolute atomic E-state index is 0.0580. The van der Waals surface area contributed by atoms with E-state index in [-0.39, 0.29) is 18.8 Å². The molecule has 48 heavy (non-hydrogen) atoms. The molecule has 0 radical (unpaired) electrons. The van der Waals surface area contributed by atoms with Crippen LogP contribution < -0.4 is 32.3 Å². The largest absolute Gasteiger partial charge is 0.481 e. The minimum Gasteiger partial charge on any atom is -0.481 e. The lowest BCUT2D eigenvalue weighted by Gasteiger charge is -2.27. The highest BCUT2D eigenvalue weighted by Crippen LogP contribution is 2.09. The second-order valence-corrected chi connectivity index (χ2v) is 11.6. The molecule has 18 nitrogen and oxygen atoms in total. The smallest absolute Gasteiger partial charge is 0.328 e. The fraction of sp³-hybridized carbons (Fsp3) is 0.533. The first-order chi connectivity index (χ1) is 22.3. The van der Waals surface area contributed by atoms with Gasteiger partial charge in [0, 0.05) is 6.42 Å². The van der Waals surface area contributed by atoms with Crippen LogP contribution in [0.2, 0.25) is 0 Å². The van der Waals surface area contributed by atoms with Gasteiger partial charge in [0.05, 0.1) is 25.0 Å². The number of benzene rings is 1. The van der Waals surface area contributed by atoms with Gasteiger partial charge in [-0.2, -0.15) is 0 Å². The standard InChI is InChI=1S/C30H44N6O12/c1-14(2)10-19(28(45)35-20(11-17-8-6-5-7-9-17)29(46)36-24(16(4)37)30(47)48)33-25(42)15(3)32-27(44)21(13-23(40)41)34-26(43)18(31)12-22(38)39/h5-9,14-16,18-21,24,37H,10-13,31H2,1-4H3,(H,32,44)(H,33,42)(H,34,43)(H,35,45)(H,36,46)(H,38,39)(H,40,41)(H,47,48)/t15-,16+,18-,19-,20-,21-,24-/m0/s1. The summed E-state index contributed by atoms with van der Waals surface area (Å²) in [6, 6.07) is -0.516. The molecule has 5 amide bonds. The van der Waals surface area contributed by atoms with Gasteiger partial charge in [0.2, 0.25) is 29.5 Å². The van der Waals surface area contributed by atoms with Crippen molar-refractivity contribution >= 4 is 47.4 Å². The van der Waals surface area contributed by atoms with E-state index < -0.39 is 103 Å². The Labute approximate surface area is 276 Å². The number of hydrogen-bond donors (Lipinski definition) is 10. The van der Waals surface area contributed by atoms with E-state index in [0.717, 1.165) is 0 Å². The molecule has 1 aromatic carbocycles. The molecule has 0 aliphatic rings. The maximum Gasteiger partial charge on any atom is 0.328 e. The van der Waals surface area contributed by atoms with E-state index in [1.807, 2.05) is 0 Å². The summed E-state index contributed by atoms with van der Waals surface area (Å²) in [6.07, 6.45) is -3.20. The van der Waals surface area contributed by atoms with Crippen molar-refractivity contribution in [3.8, 4) is 0 Å². The third-order valence-corrected chi connectivity index (χ3v) is 6.80. The third-order valence-electron chi connectivity index (χ3n) is 6.80. The second-order valence-electron chi connectivity index (χ2n) is 11.6. The second kappa shape index (κ2) is 19.5. The monoisotopic (exact) mass is 680 g/mol. The molecule has 0 saturated heterocycles. The van der Waals surface area contributed by atoms with Crippen LogP contribution in [0.3, 0.4) is 0 Å². The maximum atomic E-state index is 13.5. The highest BCUT2D eigenvalue weighted by molar-refractivity contribution is 5.97. The van der Waals surface area contributed by atoms with Crippen LogP contribution >= 0.6 is 0 Å². The van der Waals surface area contributed by atoms with Gasteiger partial charge < -0.3 is 52.7 Å². The third kappa shape index (κ3) is 14.5. The number of nitrogens with one attached hydrogen (secondary N) is 5. The molecule has 0 aliphatic heterocycles. The lowest BCUT2D eigenvalue weighted by atomic mass is 10.0. The van der Waals surface area contributed by atoms with Crippen molar-refractivity contribution in [3.63, 3.8) is 0 Å². The Morgan fingerprint density at radius 1 is 0.646 bits per heavy atom. The first-order valence-corrected chi connectivity index (χ1v) is 15.0. The molecule has 0 heterocycles. The Morgan fingerprint density at radius 2 is 1.15 bits per heavy atom. The zero-order valence-electron chi connectivity index (χ0n) is 27.0. The van der Waals surface area contributed by atoms with E-state index >= 15 is 0 Å². The molecule has 0 spiro atoms. The summed E-state index contributed by atoms with van der Waals surface area (Å²) in [5, 5.41) is 48.8. The maximum absolute atomic E-state index is 13.5. The van der Waals surface area contributed by atoms with Crippen LogP contribution in [0.5, 0.6) is 0 Å². The Bertz CT molecular complexity index is 1320.